The summed E-state index contributed by atoms with van der Waals surface area (Å²) in [5.41, 5.74) is 4.90. The van der Waals surface area contributed by atoms with E-state index in [1.54, 1.807) is 6.26 Å². The van der Waals surface area contributed by atoms with Crippen molar-refractivity contribution in [2.75, 3.05) is 18.6 Å². The van der Waals surface area contributed by atoms with Crippen molar-refractivity contribution in [3.05, 3.63) is 17.1 Å². The molecule has 2 aliphatic rings. The van der Waals surface area contributed by atoms with Crippen molar-refractivity contribution < 1.29 is 29.0 Å². The van der Waals surface area contributed by atoms with Crippen LogP contribution >= 0.6 is 23.5 Å². The fourth-order valence-electron chi connectivity index (χ4n) is 2.86. The van der Waals surface area contributed by atoms with Crippen LogP contribution in [0.2, 0.25) is 0 Å². The van der Waals surface area contributed by atoms with Crippen LogP contribution in [0, 0.1) is 0 Å². The predicted octanol–water partition coefficient (Wildman–Crippen LogP) is -1.73. The summed E-state index contributed by atoms with van der Waals surface area (Å²) in [7, 11) is 0. The SMILES string of the molecule is CSC1(NC(=O)Cc2nn[nH]n2)C(=O)N2C(C(=O)O)=C(COC(N)=O)CS[C@@H]21. The van der Waals surface area contributed by atoms with Gasteiger partial charge in [-0.25, -0.2) is 9.59 Å². The van der Waals surface area contributed by atoms with Crippen LogP contribution < -0.4 is 11.1 Å². The summed E-state index contributed by atoms with van der Waals surface area (Å²) >= 11 is 2.34. The molecule has 28 heavy (non-hydrogen) atoms. The van der Waals surface area contributed by atoms with Gasteiger partial charge in [-0.1, -0.05) is 5.21 Å². The number of H-pyrrole nitrogens is 1. The van der Waals surface area contributed by atoms with Crippen LogP contribution in [0.1, 0.15) is 5.82 Å². The maximum absolute atomic E-state index is 12.9. The molecule has 1 saturated heterocycles. The largest absolute Gasteiger partial charge is 0.477 e. The highest BCUT2D eigenvalue weighted by molar-refractivity contribution is 8.05. The first-order chi connectivity index (χ1) is 13.3. The number of hydrogen-bond donors (Lipinski definition) is 4. The summed E-state index contributed by atoms with van der Waals surface area (Å²) in [6.07, 6.45) is 0.398. The van der Waals surface area contributed by atoms with Crippen molar-refractivity contribution >= 4 is 47.4 Å². The van der Waals surface area contributed by atoms with E-state index < -0.39 is 34.1 Å². The van der Waals surface area contributed by atoms with Gasteiger partial charge in [0, 0.05) is 11.3 Å². The van der Waals surface area contributed by atoms with Crippen LogP contribution in [-0.4, -0.2) is 83.4 Å². The molecule has 0 spiro atoms. The predicted molar refractivity (Wildman–Crippen MR) is 95.6 cm³/mol. The van der Waals surface area contributed by atoms with E-state index in [1.165, 1.54) is 11.8 Å². The fraction of sp³-hybridized carbons (Fsp3) is 0.462. The Labute approximate surface area is 165 Å². The molecule has 0 aromatic carbocycles. The van der Waals surface area contributed by atoms with Crippen molar-refractivity contribution in [2.45, 2.75) is 16.7 Å². The number of hydrogen-bond acceptors (Lipinski definition) is 10. The highest BCUT2D eigenvalue weighted by atomic mass is 32.2. The lowest BCUT2D eigenvalue weighted by molar-refractivity contribution is -0.152. The molecule has 0 bridgehead atoms. The second-order valence-electron chi connectivity index (χ2n) is 5.70. The smallest absolute Gasteiger partial charge is 0.404 e. The van der Waals surface area contributed by atoms with Gasteiger partial charge < -0.3 is 20.9 Å². The average Bonchev–Trinajstić information content (AvgIpc) is 3.15. The number of thioether (sulfide) groups is 2. The van der Waals surface area contributed by atoms with Crippen LogP contribution in [0.15, 0.2) is 11.3 Å². The number of aromatic nitrogens is 4. The van der Waals surface area contributed by atoms with Gasteiger partial charge in [0.25, 0.3) is 5.91 Å². The lowest BCUT2D eigenvalue weighted by Crippen LogP contribution is -2.78. The number of aromatic amines is 1. The molecule has 1 aromatic rings. The zero-order chi connectivity index (χ0) is 20.5. The van der Waals surface area contributed by atoms with Crippen LogP contribution in [0.4, 0.5) is 4.79 Å². The van der Waals surface area contributed by atoms with Crippen LogP contribution in [0.25, 0.3) is 0 Å². The molecule has 1 aromatic heterocycles. The number of rotatable bonds is 7. The van der Waals surface area contributed by atoms with Crippen molar-refractivity contribution in [2.24, 2.45) is 5.73 Å². The van der Waals surface area contributed by atoms with E-state index in [0.717, 1.165) is 16.7 Å². The summed E-state index contributed by atoms with van der Waals surface area (Å²) < 4.78 is 4.67. The van der Waals surface area contributed by atoms with Gasteiger partial charge in [-0.3, -0.25) is 14.5 Å². The van der Waals surface area contributed by atoms with Crippen molar-refractivity contribution in [3.8, 4) is 0 Å². The monoisotopic (exact) mass is 429 g/mol. The van der Waals surface area contributed by atoms with Gasteiger partial charge in [0.1, 0.15) is 17.7 Å². The Morgan fingerprint density at radius 1 is 1.54 bits per heavy atom. The number of primary amides is 1. The molecule has 0 aliphatic carbocycles. The maximum Gasteiger partial charge on any atom is 0.404 e. The molecule has 0 radical (unpaired) electrons. The quantitative estimate of drug-likeness (QED) is 0.284. The first-order valence-corrected chi connectivity index (χ1v) is 9.98. The first-order valence-electron chi connectivity index (χ1n) is 7.71. The molecule has 3 heterocycles. The normalized spacial score (nSPS) is 23.7. The summed E-state index contributed by atoms with van der Waals surface area (Å²) in [5.74, 6) is -2.09. The van der Waals surface area contributed by atoms with E-state index in [1.807, 2.05) is 0 Å². The number of carbonyl (C=O) groups is 4. The van der Waals surface area contributed by atoms with Gasteiger partial charge in [-0.15, -0.1) is 33.7 Å². The fourth-order valence-corrected chi connectivity index (χ4v) is 5.48. The summed E-state index contributed by atoms with van der Waals surface area (Å²) in [6, 6.07) is 0. The molecule has 15 heteroatoms. The molecule has 1 unspecified atom stereocenters. The number of nitrogens with zero attached hydrogens (tertiary/aromatic N) is 4. The summed E-state index contributed by atoms with van der Waals surface area (Å²) in [5, 5.41) is 24.5. The number of aliphatic carboxylic acids is 1. The van der Waals surface area contributed by atoms with Crippen LogP contribution in [0.3, 0.4) is 0 Å². The van der Waals surface area contributed by atoms with Crippen molar-refractivity contribution in [3.63, 3.8) is 0 Å². The van der Waals surface area contributed by atoms with E-state index in [2.05, 4.69) is 30.7 Å². The number of β-lactam (4-membered cyclic amide) rings is 1. The maximum atomic E-state index is 12.9. The second kappa shape index (κ2) is 7.67. The zero-order valence-electron chi connectivity index (χ0n) is 14.4. The van der Waals surface area contributed by atoms with Crippen LogP contribution in [0.5, 0.6) is 0 Å². The Morgan fingerprint density at radius 3 is 2.86 bits per heavy atom. The first kappa shape index (κ1) is 19.9. The molecule has 0 saturated carbocycles. The van der Waals surface area contributed by atoms with E-state index in [4.69, 9.17) is 5.73 Å². The molecule has 2 atom stereocenters. The molecular weight excluding hydrogens is 414 g/mol. The van der Waals surface area contributed by atoms with Gasteiger partial charge in [-0.2, -0.15) is 5.21 Å². The Morgan fingerprint density at radius 2 is 2.29 bits per heavy atom. The van der Waals surface area contributed by atoms with Gasteiger partial charge in [0.2, 0.25) is 5.91 Å². The number of tetrazole rings is 1. The number of ether oxygens (including phenoxy) is 1. The number of nitrogens with one attached hydrogen (secondary N) is 2. The van der Waals surface area contributed by atoms with Crippen LogP contribution in [-0.2, 0) is 25.5 Å². The third-order valence-electron chi connectivity index (χ3n) is 4.06. The molecule has 5 N–H and O–H groups in total. The number of nitrogens with two attached hydrogens (primary N) is 1. The van der Waals surface area contributed by atoms with E-state index in [0.29, 0.717) is 0 Å². The minimum atomic E-state index is -1.34. The third-order valence-corrected chi connectivity index (χ3v) is 6.74. The Bertz CT molecular complexity index is 860. The second-order valence-corrected chi connectivity index (χ2v) is 7.82. The lowest BCUT2D eigenvalue weighted by Gasteiger charge is -2.56. The minimum absolute atomic E-state index is 0.158. The topological polar surface area (TPSA) is 193 Å². The van der Waals surface area contributed by atoms with E-state index in [9.17, 15) is 24.3 Å². The van der Waals surface area contributed by atoms with Crippen molar-refractivity contribution in [1.82, 2.24) is 30.8 Å². The molecule has 3 amide bonds. The molecule has 2 aliphatic heterocycles. The van der Waals surface area contributed by atoms with Gasteiger partial charge in [-0.05, 0) is 6.26 Å². The van der Waals surface area contributed by atoms with Crippen molar-refractivity contribution in [1.29, 1.82) is 0 Å². The van der Waals surface area contributed by atoms with E-state index >= 15 is 0 Å². The van der Waals surface area contributed by atoms with Gasteiger partial charge in [0.15, 0.2) is 10.7 Å². The highest BCUT2D eigenvalue weighted by Crippen LogP contribution is 2.50. The molecule has 150 valence electrons. The highest BCUT2D eigenvalue weighted by Gasteiger charge is 2.65. The molecule has 1 fully saturated rings. The van der Waals surface area contributed by atoms with Gasteiger partial charge >= 0.3 is 12.1 Å². The molecular formula is C13H15N7O6S2. The lowest BCUT2D eigenvalue weighted by atomic mass is 10.0. The third kappa shape index (κ3) is 3.37. The molecule has 3 rings (SSSR count). The average molecular weight is 429 g/mol. The number of carbonyl (C=O) groups excluding carboxylic acids is 3. The Kier molecular flexibility index (Phi) is 5.46. The minimum Gasteiger partial charge on any atom is -0.477 e. The van der Waals surface area contributed by atoms with Gasteiger partial charge in [0.05, 0.1) is 6.42 Å². The summed E-state index contributed by atoms with van der Waals surface area (Å²) in [4.78, 5) is 47.5. The standard InChI is InChI=1S/C13H15N7O6S2/c1-27-13(15-7(21)2-6-16-18-19-17-6)10(24)20-8(9(22)23)5(3-26-12(14)25)4-28-11(13)20/h11H,2-4H2,1H3,(H2,14,25)(H,15,21)(H,22,23)(H,16,17,18,19)/t11-,13?/m1/s1. The summed E-state index contributed by atoms with van der Waals surface area (Å²) in [6.45, 7) is -0.336. The Balaban J connectivity index is 1.81. The number of carboxylic acid groups (broad SMARTS) is 1. The molecule has 13 nitrogen and oxygen atoms in total. The van der Waals surface area contributed by atoms with E-state index in [-0.39, 0.29) is 35.9 Å². The number of amides is 3. The Hall–Kier alpha value is -2.81. The zero-order valence-corrected chi connectivity index (χ0v) is 16.0. The number of carboxylic acids is 1. The number of fused-ring (bicyclic) bond motifs is 1.